The monoisotopic (exact) mass is 257 g/mol. The van der Waals surface area contributed by atoms with Gasteiger partial charge in [0, 0.05) is 17.8 Å². The second-order valence-electron chi connectivity index (χ2n) is 4.80. The summed E-state index contributed by atoms with van der Waals surface area (Å²) in [5.74, 6) is 6.19. The number of pyridine rings is 1. The Morgan fingerprint density at radius 2 is 2.42 bits per heavy atom. The van der Waals surface area contributed by atoms with Crippen molar-refractivity contribution in [3.63, 3.8) is 0 Å². The zero-order valence-electron chi connectivity index (χ0n) is 11.1. The lowest BCUT2D eigenvalue weighted by Crippen LogP contribution is -2.27. The van der Waals surface area contributed by atoms with E-state index in [0.29, 0.717) is 24.2 Å². The van der Waals surface area contributed by atoms with Gasteiger partial charge in [-0.25, -0.2) is 4.98 Å². The fourth-order valence-corrected chi connectivity index (χ4v) is 2.11. The highest BCUT2D eigenvalue weighted by Crippen LogP contribution is 2.34. The van der Waals surface area contributed by atoms with Gasteiger partial charge in [-0.15, -0.1) is 0 Å². The van der Waals surface area contributed by atoms with Crippen LogP contribution >= 0.6 is 0 Å². The molecule has 1 amide bonds. The van der Waals surface area contributed by atoms with Gasteiger partial charge in [0.1, 0.15) is 5.69 Å². The van der Waals surface area contributed by atoms with E-state index in [0.717, 1.165) is 12.0 Å². The van der Waals surface area contributed by atoms with Gasteiger partial charge in [-0.05, 0) is 30.9 Å². The van der Waals surface area contributed by atoms with Gasteiger partial charge >= 0.3 is 0 Å². The minimum Gasteiger partial charge on any atom is -0.348 e. The van der Waals surface area contributed by atoms with Crippen LogP contribution in [0.3, 0.4) is 0 Å². The summed E-state index contributed by atoms with van der Waals surface area (Å²) in [6.07, 6.45) is 5.06. The average molecular weight is 257 g/mol. The Labute approximate surface area is 113 Å². The van der Waals surface area contributed by atoms with Gasteiger partial charge < -0.3 is 11.1 Å². The maximum atomic E-state index is 11.9. The molecule has 1 aromatic rings. The highest BCUT2D eigenvalue weighted by molar-refractivity contribution is 5.92. The maximum absolute atomic E-state index is 11.9. The molecule has 1 aromatic heterocycles. The van der Waals surface area contributed by atoms with Crippen LogP contribution in [0, 0.1) is 17.8 Å². The van der Waals surface area contributed by atoms with E-state index >= 15 is 0 Å². The van der Waals surface area contributed by atoms with Crippen molar-refractivity contribution < 1.29 is 4.79 Å². The summed E-state index contributed by atoms with van der Waals surface area (Å²) in [6.45, 7) is 2.49. The van der Waals surface area contributed by atoms with E-state index in [1.165, 1.54) is 12.8 Å². The molecule has 19 heavy (non-hydrogen) atoms. The molecule has 0 bridgehead atoms. The normalized spacial score (nSPS) is 20.3. The van der Waals surface area contributed by atoms with Gasteiger partial charge in [0.25, 0.3) is 5.91 Å². The quantitative estimate of drug-likeness (QED) is 0.799. The topological polar surface area (TPSA) is 68.0 Å². The predicted octanol–water partition coefficient (Wildman–Crippen LogP) is 1.31. The molecule has 4 nitrogen and oxygen atoms in total. The van der Waals surface area contributed by atoms with Gasteiger partial charge in [0.2, 0.25) is 0 Å². The standard InChI is InChI=1S/C15H19N3O/c1-2-4-12-9-14(12)18-15(19)13-7-6-11(10-17-13)5-3-8-16/h6-7,10,12,14H,2,4,8-9,16H2,1H3,(H,18,19). The Morgan fingerprint density at radius 1 is 1.58 bits per heavy atom. The molecular weight excluding hydrogens is 238 g/mol. The van der Waals surface area contributed by atoms with E-state index in [-0.39, 0.29) is 5.91 Å². The number of carbonyl (C=O) groups excluding carboxylic acids is 1. The van der Waals surface area contributed by atoms with Crippen LogP contribution in [-0.4, -0.2) is 23.5 Å². The highest BCUT2D eigenvalue weighted by atomic mass is 16.2. The van der Waals surface area contributed by atoms with E-state index in [1.54, 1.807) is 18.3 Å². The van der Waals surface area contributed by atoms with Gasteiger partial charge in [0.15, 0.2) is 0 Å². The number of carbonyl (C=O) groups is 1. The first-order valence-corrected chi connectivity index (χ1v) is 6.70. The molecular formula is C15H19N3O. The lowest BCUT2D eigenvalue weighted by atomic mass is 10.2. The van der Waals surface area contributed by atoms with Crippen LogP contribution in [0.5, 0.6) is 0 Å². The Morgan fingerprint density at radius 3 is 3.05 bits per heavy atom. The Kier molecular flexibility index (Phi) is 4.53. The summed E-state index contributed by atoms with van der Waals surface area (Å²) in [7, 11) is 0. The molecule has 2 rings (SSSR count). The molecule has 4 heteroatoms. The minimum atomic E-state index is -0.0954. The third kappa shape index (κ3) is 3.80. The van der Waals surface area contributed by atoms with E-state index in [1.807, 2.05) is 0 Å². The van der Waals surface area contributed by atoms with Crippen molar-refractivity contribution in [3.8, 4) is 11.8 Å². The number of nitrogens with zero attached hydrogens (tertiary/aromatic N) is 1. The van der Waals surface area contributed by atoms with Gasteiger partial charge in [-0.3, -0.25) is 4.79 Å². The molecule has 1 fully saturated rings. The third-order valence-corrected chi connectivity index (χ3v) is 3.23. The van der Waals surface area contributed by atoms with Crippen molar-refractivity contribution in [2.24, 2.45) is 11.7 Å². The van der Waals surface area contributed by atoms with Crippen molar-refractivity contribution in [2.45, 2.75) is 32.2 Å². The minimum absolute atomic E-state index is 0.0954. The molecule has 1 aliphatic rings. The number of hydrogen-bond acceptors (Lipinski definition) is 3. The number of nitrogens with one attached hydrogen (secondary N) is 1. The molecule has 0 spiro atoms. The van der Waals surface area contributed by atoms with E-state index in [2.05, 4.69) is 29.1 Å². The summed E-state index contributed by atoms with van der Waals surface area (Å²) in [4.78, 5) is 16.1. The fraction of sp³-hybridized carbons (Fsp3) is 0.467. The van der Waals surface area contributed by atoms with Crippen LogP contribution < -0.4 is 11.1 Å². The van der Waals surface area contributed by atoms with Crippen molar-refractivity contribution in [3.05, 3.63) is 29.6 Å². The molecule has 0 aliphatic heterocycles. The molecule has 0 radical (unpaired) electrons. The SMILES string of the molecule is CCCC1CC1NC(=O)c1ccc(C#CCN)cn1. The largest absolute Gasteiger partial charge is 0.348 e. The van der Waals surface area contributed by atoms with Crippen molar-refractivity contribution in [1.29, 1.82) is 0 Å². The van der Waals surface area contributed by atoms with E-state index in [9.17, 15) is 4.79 Å². The summed E-state index contributed by atoms with van der Waals surface area (Å²) < 4.78 is 0. The Bertz CT molecular complexity index is 498. The van der Waals surface area contributed by atoms with Gasteiger partial charge in [-0.1, -0.05) is 25.2 Å². The summed E-state index contributed by atoms with van der Waals surface area (Å²) in [5.41, 5.74) is 6.52. The van der Waals surface area contributed by atoms with Crippen LogP contribution in [-0.2, 0) is 0 Å². The maximum Gasteiger partial charge on any atom is 0.270 e. The molecule has 0 saturated heterocycles. The van der Waals surface area contributed by atoms with Gasteiger partial charge in [-0.2, -0.15) is 0 Å². The van der Waals surface area contributed by atoms with Crippen molar-refractivity contribution >= 4 is 5.91 Å². The number of hydrogen-bond donors (Lipinski definition) is 2. The molecule has 2 unspecified atom stereocenters. The van der Waals surface area contributed by atoms with Crippen molar-refractivity contribution in [1.82, 2.24) is 10.3 Å². The zero-order chi connectivity index (χ0) is 13.7. The van der Waals surface area contributed by atoms with Crippen LogP contribution in [0.2, 0.25) is 0 Å². The fourth-order valence-electron chi connectivity index (χ4n) is 2.11. The first kappa shape index (κ1) is 13.6. The number of aromatic nitrogens is 1. The predicted molar refractivity (Wildman–Crippen MR) is 74.4 cm³/mol. The van der Waals surface area contributed by atoms with Crippen LogP contribution in [0.4, 0.5) is 0 Å². The number of amides is 1. The molecule has 3 N–H and O–H groups in total. The summed E-state index contributed by atoms with van der Waals surface area (Å²) in [6, 6.07) is 3.83. The number of rotatable bonds is 4. The van der Waals surface area contributed by atoms with E-state index < -0.39 is 0 Å². The lowest BCUT2D eigenvalue weighted by Gasteiger charge is -2.03. The summed E-state index contributed by atoms with van der Waals surface area (Å²) >= 11 is 0. The van der Waals surface area contributed by atoms with Crippen LogP contribution in [0.15, 0.2) is 18.3 Å². The second kappa shape index (κ2) is 6.35. The zero-order valence-corrected chi connectivity index (χ0v) is 11.1. The molecule has 1 saturated carbocycles. The third-order valence-electron chi connectivity index (χ3n) is 3.23. The Balaban J connectivity index is 1.89. The van der Waals surface area contributed by atoms with Crippen LogP contribution in [0.1, 0.15) is 42.2 Å². The van der Waals surface area contributed by atoms with Gasteiger partial charge in [0.05, 0.1) is 6.54 Å². The molecule has 2 atom stereocenters. The van der Waals surface area contributed by atoms with Crippen LogP contribution in [0.25, 0.3) is 0 Å². The first-order chi connectivity index (χ1) is 9.24. The highest BCUT2D eigenvalue weighted by Gasteiger charge is 2.37. The lowest BCUT2D eigenvalue weighted by molar-refractivity contribution is 0.0944. The summed E-state index contributed by atoms with van der Waals surface area (Å²) in [5, 5.41) is 3.01. The smallest absolute Gasteiger partial charge is 0.270 e. The first-order valence-electron chi connectivity index (χ1n) is 6.70. The molecule has 1 heterocycles. The number of nitrogens with two attached hydrogens (primary N) is 1. The average Bonchev–Trinajstić information content (AvgIpc) is 3.15. The molecule has 1 aliphatic carbocycles. The molecule has 100 valence electrons. The second-order valence-corrected chi connectivity index (χ2v) is 4.80. The Hall–Kier alpha value is -1.86. The van der Waals surface area contributed by atoms with Crippen molar-refractivity contribution in [2.75, 3.05) is 6.54 Å². The molecule has 0 aromatic carbocycles. The van der Waals surface area contributed by atoms with E-state index in [4.69, 9.17) is 5.73 Å².